The Bertz CT molecular complexity index is 898. The number of nitrogens with one attached hydrogen (secondary N) is 3. The Labute approximate surface area is 181 Å². The number of hydrogen-bond acceptors (Lipinski definition) is 6. The van der Waals surface area contributed by atoms with Gasteiger partial charge in [0.05, 0.1) is 19.8 Å². The fraction of sp³-hybridized carbons (Fsp3) is 0.409. The van der Waals surface area contributed by atoms with E-state index in [9.17, 15) is 9.59 Å². The van der Waals surface area contributed by atoms with E-state index in [-0.39, 0.29) is 11.9 Å². The fourth-order valence-corrected chi connectivity index (χ4v) is 3.65. The Morgan fingerprint density at radius 2 is 1.74 bits per heavy atom. The fourth-order valence-electron chi connectivity index (χ4n) is 3.65. The van der Waals surface area contributed by atoms with Crippen LogP contribution in [0.2, 0.25) is 0 Å². The molecule has 1 aromatic carbocycles. The summed E-state index contributed by atoms with van der Waals surface area (Å²) in [7, 11) is 0. The smallest absolute Gasteiger partial charge is 0.315 e. The zero-order valence-electron chi connectivity index (χ0n) is 17.5. The summed E-state index contributed by atoms with van der Waals surface area (Å²) in [6.45, 7) is 5.78. The second kappa shape index (κ2) is 10.1. The maximum absolute atomic E-state index is 12.2. The molecule has 0 bridgehead atoms. The van der Waals surface area contributed by atoms with Crippen LogP contribution < -0.4 is 25.8 Å². The molecule has 3 N–H and O–H groups in total. The van der Waals surface area contributed by atoms with Crippen molar-refractivity contribution in [3.05, 3.63) is 53.7 Å². The Kier molecular flexibility index (Phi) is 6.83. The summed E-state index contributed by atoms with van der Waals surface area (Å²) >= 11 is 0. The lowest BCUT2D eigenvalue weighted by atomic mass is 10.2. The molecule has 0 radical (unpaired) electrons. The van der Waals surface area contributed by atoms with Crippen LogP contribution in [0.15, 0.2) is 42.6 Å². The van der Waals surface area contributed by atoms with E-state index in [1.54, 1.807) is 6.20 Å². The molecule has 164 valence electrons. The second-order valence-electron chi connectivity index (χ2n) is 7.60. The highest BCUT2D eigenvalue weighted by atomic mass is 16.5. The van der Waals surface area contributed by atoms with Crippen molar-refractivity contribution in [1.82, 2.24) is 20.9 Å². The third kappa shape index (κ3) is 5.85. The monoisotopic (exact) mass is 424 g/mol. The summed E-state index contributed by atoms with van der Waals surface area (Å²) in [5.74, 6) is 0.953. The van der Waals surface area contributed by atoms with Crippen LogP contribution in [-0.2, 0) is 22.6 Å². The first-order chi connectivity index (χ1) is 15.2. The molecule has 31 heavy (non-hydrogen) atoms. The summed E-state index contributed by atoms with van der Waals surface area (Å²) in [6, 6.07) is 11.6. The number of urea groups is 1. The quantitative estimate of drug-likeness (QED) is 0.636. The molecule has 0 spiro atoms. The topological polar surface area (TPSA) is 98.8 Å². The number of aromatic nitrogens is 1. The van der Waals surface area contributed by atoms with Gasteiger partial charge in [-0.05, 0) is 35.4 Å². The summed E-state index contributed by atoms with van der Waals surface area (Å²) < 4.78 is 5.38. The Hall–Kier alpha value is -3.33. The van der Waals surface area contributed by atoms with Gasteiger partial charge in [-0.2, -0.15) is 0 Å². The number of rotatable bonds is 6. The minimum absolute atomic E-state index is 0.0416. The average molecular weight is 425 g/mol. The van der Waals surface area contributed by atoms with Crippen LogP contribution in [0.25, 0.3) is 0 Å². The summed E-state index contributed by atoms with van der Waals surface area (Å²) in [4.78, 5) is 32.4. The van der Waals surface area contributed by atoms with Crippen LogP contribution in [0.3, 0.4) is 0 Å². The third-order valence-corrected chi connectivity index (χ3v) is 5.39. The van der Waals surface area contributed by atoms with Crippen molar-refractivity contribution in [3.63, 3.8) is 0 Å². The van der Waals surface area contributed by atoms with Gasteiger partial charge >= 0.3 is 6.03 Å². The number of carbonyl (C=O) groups is 2. The molecule has 3 heterocycles. The number of anilines is 2. The molecule has 4 rings (SSSR count). The average Bonchev–Trinajstić information content (AvgIpc) is 2.82. The largest absolute Gasteiger partial charge is 0.378 e. The van der Waals surface area contributed by atoms with Crippen molar-refractivity contribution in [3.8, 4) is 0 Å². The maximum Gasteiger partial charge on any atom is 0.315 e. The third-order valence-electron chi connectivity index (χ3n) is 5.39. The van der Waals surface area contributed by atoms with Crippen LogP contribution in [0.4, 0.5) is 16.3 Å². The van der Waals surface area contributed by atoms with Crippen molar-refractivity contribution >= 4 is 23.4 Å². The van der Waals surface area contributed by atoms with Gasteiger partial charge < -0.3 is 30.5 Å². The minimum atomic E-state index is -0.221. The van der Waals surface area contributed by atoms with Gasteiger partial charge in [0.15, 0.2) is 0 Å². The van der Waals surface area contributed by atoms with Crippen LogP contribution in [0, 0.1) is 0 Å². The van der Waals surface area contributed by atoms with Gasteiger partial charge in [-0.15, -0.1) is 0 Å². The van der Waals surface area contributed by atoms with E-state index < -0.39 is 0 Å². The first-order valence-electron chi connectivity index (χ1n) is 10.6. The van der Waals surface area contributed by atoms with Gasteiger partial charge in [0.25, 0.3) is 0 Å². The zero-order valence-corrected chi connectivity index (χ0v) is 17.5. The molecule has 2 aliphatic heterocycles. The Morgan fingerprint density at radius 3 is 2.48 bits per heavy atom. The number of ether oxygens (including phenoxy) is 1. The predicted molar refractivity (Wildman–Crippen MR) is 118 cm³/mol. The molecule has 3 amide bonds. The van der Waals surface area contributed by atoms with Crippen molar-refractivity contribution in [1.29, 1.82) is 0 Å². The molecule has 0 aliphatic carbocycles. The second-order valence-corrected chi connectivity index (χ2v) is 7.60. The lowest BCUT2D eigenvalue weighted by Crippen LogP contribution is -2.47. The molecular weight excluding hydrogens is 396 g/mol. The van der Waals surface area contributed by atoms with Crippen molar-refractivity contribution in [2.24, 2.45) is 0 Å². The van der Waals surface area contributed by atoms with E-state index in [4.69, 9.17) is 4.74 Å². The molecule has 9 nitrogen and oxygen atoms in total. The predicted octanol–water partition coefficient (Wildman–Crippen LogP) is 0.854. The summed E-state index contributed by atoms with van der Waals surface area (Å²) in [5, 5.41) is 8.60. The van der Waals surface area contributed by atoms with Crippen LogP contribution in [0.1, 0.15) is 11.1 Å². The summed E-state index contributed by atoms with van der Waals surface area (Å²) in [6.07, 6.45) is 1.77. The standard InChI is InChI=1S/C22H28N6O3/c29-21-16-28(8-7-24-21)19-3-1-17(2-4-19)14-25-22(30)26-15-18-5-6-23-20(13-18)27-9-11-31-12-10-27/h1-6,13H,7-12,14-16H2,(H,24,29)(H2,25,26,30). The van der Waals surface area contributed by atoms with Crippen molar-refractivity contribution in [2.75, 3.05) is 55.7 Å². The number of carbonyl (C=O) groups excluding carboxylic acids is 2. The summed E-state index contributed by atoms with van der Waals surface area (Å²) in [5.41, 5.74) is 3.01. The number of amides is 3. The van der Waals surface area contributed by atoms with E-state index in [0.29, 0.717) is 39.4 Å². The highest BCUT2D eigenvalue weighted by Crippen LogP contribution is 2.16. The minimum Gasteiger partial charge on any atom is -0.378 e. The van der Waals surface area contributed by atoms with E-state index in [2.05, 4.69) is 25.8 Å². The first kappa shape index (κ1) is 20.9. The van der Waals surface area contributed by atoms with Gasteiger partial charge in [-0.1, -0.05) is 12.1 Å². The molecular formula is C22H28N6O3. The van der Waals surface area contributed by atoms with Gasteiger partial charge in [0.2, 0.25) is 5.91 Å². The van der Waals surface area contributed by atoms with Crippen LogP contribution >= 0.6 is 0 Å². The molecule has 2 aromatic rings. The molecule has 0 saturated carbocycles. The van der Waals surface area contributed by atoms with Gasteiger partial charge in [0.1, 0.15) is 5.82 Å². The number of piperazine rings is 1. The number of morpholine rings is 1. The maximum atomic E-state index is 12.2. The molecule has 2 aliphatic rings. The molecule has 0 atom stereocenters. The molecule has 2 saturated heterocycles. The molecule has 0 unspecified atom stereocenters. The lowest BCUT2D eigenvalue weighted by Gasteiger charge is -2.28. The van der Waals surface area contributed by atoms with E-state index in [1.807, 2.05) is 41.3 Å². The molecule has 1 aromatic heterocycles. The van der Waals surface area contributed by atoms with E-state index >= 15 is 0 Å². The van der Waals surface area contributed by atoms with Gasteiger partial charge in [0, 0.05) is 51.2 Å². The highest BCUT2D eigenvalue weighted by Gasteiger charge is 2.16. The zero-order chi connectivity index (χ0) is 21.5. The number of pyridine rings is 1. The SMILES string of the molecule is O=C1CN(c2ccc(CNC(=O)NCc3ccnc(N4CCOCC4)c3)cc2)CCN1. The van der Waals surface area contributed by atoms with Crippen LogP contribution in [-0.4, -0.2) is 62.9 Å². The number of benzene rings is 1. The number of nitrogens with zero attached hydrogens (tertiary/aromatic N) is 3. The highest BCUT2D eigenvalue weighted by molar-refractivity contribution is 5.82. The molecule has 9 heteroatoms. The first-order valence-corrected chi connectivity index (χ1v) is 10.6. The van der Waals surface area contributed by atoms with Crippen molar-refractivity contribution < 1.29 is 14.3 Å². The molecule has 2 fully saturated rings. The van der Waals surface area contributed by atoms with Crippen LogP contribution in [0.5, 0.6) is 0 Å². The Balaban J connectivity index is 1.23. The van der Waals surface area contributed by atoms with Crippen molar-refractivity contribution in [2.45, 2.75) is 13.1 Å². The van der Waals surface area contributed by atoms with Gasteiger partial charge in [-0.25, -0.2) is 9.78 Å². The lowest BCUT2D eigenvalue weighted by molar-refractivity contribution is -0.120. The van der Waals surface area contributed by atoms with Gasteiger partial charge in [-0.3, -0.25) is 4.79 Å². The normalized spacial score (nSPS) is 16.6. The van der Waals surface area contributed by atoms with E-state index in [1.165, 1.54) is 0 Å². The number of hydrogen-bond donors (Lipinski definition) is 3. The Morgan fingerprint density at radius 1 is 1.00 bits per heavy atom. The van der Waals surface area contributed by atoms with E-state index in [0.717, 1.165) is 42.3 Å².